The van der Waals surface area contributed by atoms with Crippen LogP contribution in [0, 0.1) is 11.3 Å². The molecule has 0 aromatic heterocycles. The second-order valence-corrected chi connectivity index (χ2v) is 3.80. The summed E-state index contributed by atoms with van der Waals surface area (Å²) in [5.74, 6) is 0. The van der Waals surface area contributed by atoms with Crippen LogP contribution in [-0.4, -0.2) is 0 Å². The lowest BCUT2D eigenvalue weighted by Gasteiger charge is -2.12. The summed E-state index contributed by atoms with van der Waals surface area (Å²) in [6.07, 6.45) is 4.51. The summed E-state index contributed by atoms with van der Waals surface area (Å²) >= 11 is 0. The summed E-state index contributed by atoms with van der Waals surface area (Å²) in [5, 5.41) is 8.93. The van der Waals surface area contributed by atoms with Gasteiger partial charge in [-0.2, -0.15) is 5.26 Å². The van der Waals surface area contributed by atoms with E-state index in [0.29, 0.717) is 5.56 Å². The fourth-order valence-corrected chi connectivity index (χ4v) is 1.69. The van der Waals surface area contributed by atoms with E-state index in [1.807, 2.05) is 24.3 Å². The molecular formula is C13H19ClN2. The van der Waals surface area contributed by atoms with Gasteiger partial charge in [0.25, 0.3) is 0 Å². The molecule has 1 aromatic rings. The van der Waals surface area contributed by atoms with E-state index in [2.05, 4.69) is 13.0 Å². The van der Waals surface area contributed by atoms with Crippen molar-refractivity contribution in [2.75, 3.05) is 0 Å². The summed E-state index contributed by atoms with van der Waals surface area (Å²) in [6, 6.07) is 9.79. The predicted octanol–water partition coefficient (Wildman–Crippen LogP) is 3.56. The summed E-state index contributed by atoms with van der Waals surface area (Å²) in [7, 11) is 0. The van der Waals surface area contributed by atoms with Crippen molar-refractivity contribution < 1.29 is 0 Å². The number of rotatable bonds is 5. The van der Waals surface area contributed by atoms with E-state index >= 15 is 0 Å². The number of nitrogens with zero attached hydrogens (tertiary/aromatic N) is 1. The fraction of sp³-hybridized carbons (Fsp3) is 0.462. The van der Waals surface area contributed by atoms with Crippen molar-refractivity contribution >= 4 is 12.4 Å². The third-order valence-electron chi connectivity index (χ3n) is 2.60. The van der Waals surface area contributed by atoms with Crippen molar-refractivity contribution in [1.29, 1.82) is 5.26 Å². The Labute approximate surface area is 104 Å². The van der Waals surface area contributed by atoms with Crippen LogP contribution in [0.3, 0.4) is 0 Å². The minimum atomic E-state index is 0. The third-order valence-corrected chi connectivity index (χ3v) is 2.60. The Morgan fingerprint density at radius 2 is 2.00 bits per heavy atom. The maximum absolute atomic E-state index is 8.93. The van der Waals surface area contributed by atoms with Gasteiger partial charge in [0.1, 0.15) is 0 Å². The molecule has 0 unspecified atom stereocenters. The smallest absolute Gasteiger partial charge is 0.0995 e. The van der Waals surface area contributed by atoms with E-state index in [-0.39, 0.29) is 18.4 Å². The van der Waals surface area contributed by atoms with Crippen molar-refractivity contribution in [3.05, 3.63) is 35.4 Å². The lowest BCUT2D eigenvalue weighted by atomic mass is 9.97. The van der Waals surface area contributed by atoms with Crippen LogP contribution in [0.1, 0.15) is 49.8 Å². The lowest BCUT2D eigenvalue weighted by Crippen LogP contribution is -2.11. The third kappa shape index (κ3) is 4.22. The molecule has 1 aromatic carbocycles. The van der Waals surface area contributed by atoms with Gasteiger partial charge in [-0.15, -0.1) is 12.4 Å². The van der Waals surface area contributed by atoms with Crippen LogP contribution in [0.2, 0.25) is 0 Å². The summed E-state index contributed by atoms with van der Waals surface area (Å²) in [5.41, 5.74) is 7.75. The second kappa shape index (κ2) is 8.15. The van der Waals surface area contributed by atoms with Crippen LogP contribution in [-0.2, 0) is 0 Å². The molecule has 1 rings (SSSR count). The summed E-state index contributed by atoms with van der Waals surface area (Å²) < 4.78 is 0. The Bertz CT molecular complexity index is 344. The van der Waals surface area contributed by atoms with E-state index in [4.69, 9.17) is 11.0 Å². The van der Waals surface area contributed by atoms with Crippen molar-refractivity contribution in [2.24, 2.45) is 5.73 Å². The standard InChI is InChI=1S/C13H18N2.ClH/c1-2-3-4-9-13(15)12-8-6-5-7-11(12)10-14;/h5-8,13H,2-4,9,15H2,1H3;1H/t13-;/m1./s1. The van der Waals surface area contributed by atoms with Crippen LogP contribution in [0.5, 0.6) is 0 Å². The number of unbranched alkanes of at least 4 members (excludes halogenated alkanes) is 2. The number of benzene rings is 1. The molecule has 2 N–H and O–H groups in total. The highest BCUT2D eigenvalue weighted by Gasteiger charge is 2.09. The van der Waals surface area contributed by atoms with Gasteiger partial charge in [0.2, 0.25) is 0 Å². The molecule has 0 spiro atoms. The van der Waals surface area contributed by atoms with Gasteiger partial charge in [0.15, 0.2) is 0 Å². The fourth-order valence-electron chi connectivity index (χ4n) is 1.69. The van der Waals surface area contributed by atoms with Gasteiger partial charge in [0, 0.05) is 6.04 Å². The normalized spacial score (nSPS) is 11.3. The lowest BCUT2D eigenvalue weighted by molar-refractivity contribution is 0.580. The molecule has 0 radical (unpaired) electrons. The van der Waals surface area contributed by atoms with E-state index in [0.717, 1.165) is 18.4 Å². The summed E-state index contributed by atoms with van der Waals surface area (Å²) in [4.78, 5) is 0. The quantitative estimate of drug-likeness (QED) is 0.798. The molecule has 88 valence electrons. The molecular weight excluding hydrogens is 220 g/mol. The number of nitriles is 1. The Kier molecular flexibility index (Phi) is 7.62. The second-order valence-electron chi connectivity index (χ2n) is 3.80. The van der Waals surface area contributed by atoms with Crippen LogP contribution in [0.15, 0.2) is 24.3 Å². The predicted molar refractivity (Wildman–Crippen MR) is 69.5 cm³/mol. The molecule has 0 heterocycles. The van der Waals surface area contributed by atoms with Gasteiger partial charge in [-0.1, -0.05) is 44.4 Å². The minimum absolute atomic E-state index is 0. The van der Waals surface area contributed by atoms with Crippen molar-refractivity contribution in [2.45, 2.75) is 38.6 Å². The molecule has 0 aliphatic carbocycles. The van der Waals surface area contributed by atoms with Crippen molar-refractivity contribution in [3.8, 4) is 6.07 Å². The molecule has 3 heteroatoms. The largest absolute Gasteiger partial charge is 0.324 e. The highest BCUT2D eigenvalue weighted by Crippen LogP contribution is 2.20. The molecule has 2 nitrogen and oxygen atoms in total. The zero-order valence-corrected chi connectivity index (χ0v) is 10.5. The van der Waals surface area contributed by atoms with Gasteiger partial charge in [-0.05, 0) is 18.1 Å². The van der Waals surface area contributed by atoms with E-state index < -0.39 is 0 Å². The first-order chi connectivity index (χ1) is 7.29. The molecule has 0 aliphatic heterocycles. The Morgan fingerprint density at radius 1 is 1.31 bits per heavy atom. The topological polar surface area (TPSA) is 49.8 Å². The number of hydrogen-bond donors (Lipinski definition) is 1. The van der Waals surface area contributed by atoms with Crippen molar-refractivity contribution in [3.63, 3.8) is 0 Å². The molecule has 0 bridgehead atoms. The average molecular weight is 239 g/mol. The Morgan fingerprint density at radius 3 is 2.62 bits per heavy atom. The zero-order valence-electron chi connectivity index (χ0n) is 9.65. The maximum Gasteiger partial charge on any atom is 0.0995 e. The maximum atomic E-state index is 8.93. The first-order valence-electron chi connectivity index (χ1n) is 5.54. The first-order valence-corrected chi connectivity index (χ1v) is 5.54. The van der Waals surface area contributed by atoms with Gasteiger partial charge in [-0.25, -0.2) is 0 Å². The van der Waals surface area contributed by atoms with E-state index in [9.17, 15) is 0 Å². The molecule has 0 aliphatic rings. The highest BCUT2D eigenvalue weighted by molar-refractivity contribution is 5.85. The van der Waals surface area contributed by atoms with Crippen LogP contribution < -0.4 is 5.73 Å². The number of hydrogen-bond acceptors (Lipinski definition) is 2. The van der Waals surface area contributed by atoms with E-state index in [1.165, 1.54) is 12.8 Å². The Balaban J connectivity index is 0.00000225. The molecule has 0 amide bonds. The Hall–Kier alpha value is -1.04. The number of halogens is 1. The molecule has 0 saturated carbocycles. The molecule has 1 atom stereocenters. The summed E-state index contributed by atoms with van der Waals surface area (Å²) in [6.45, 7) is 2.18. The molecule has 0 saturated heterocycles. The zero-order chi connectivity index (χ0) is 11.1. The minimum Gasteiger partial charge on any atom is -0.324 e. The average Bonchev–Trinajstić information content (AvgIpc) is 2.29. The van der Waals surface area contributed by atoms with Gasteiger partial charge < -0.3 is 5.73 Å². The monoisotopic (exact) mass is 238 g/mol. The van der Waals surface area contributed by atoms with Crippen LogP contribution >= 0.6 is 12.4 Å². The SMILES string of the molecule is CCCCC[C@@H](N)c1ccccc1C#N.Cl. The highest BCUT2D eigenvalue weighted by atomic mass is 35.5. The van der Waals surface area contributed by atoms with Crippen LogP contribution in [0.25, 0.3) is 0 Å². The van der Waals surface area contributed by atoms with Crippen molar-refractivity contribution in [1.82, 2.24) is 0 Å². The van der Waals surface area contributed by atoms with E-state index in [1.54, 1.807) is 0 Å². The van der Waals surface area contributed by atoms with Gasteiger partial charge >= 0.3 is 0 Å². The molecule has 0 fully saturated rings. The van der Waals surface area contributed by atoms with Gasteiger partial charge in [0.05, 0.1) is 11.6 Å². The first kappa shape index (κ1) is 15.0. The van der Waals surface area contributed by atoms with Gasteiger partial charge in [-0.3, -0.25) is 0 Å². The van der Waals surface area contributed by atoms with Crippen LogP contribution in [0.4, 0.5) is 0 Å². The number of nitrogens with two attached hydrogens (primary N) is 1. The molecule has 16 heavy (non-hydrogen) atoms.